The molecule has 2 rings (SSSR count). The molecule has 0 radical (unpaired) electrons. The van der Waals surface area contributed by atoms with E-state index in [0.717, 1.165) is 13.2 Å². The van der Waals surface area contributed by atoms with Crippen molar-refractivity contribution in [2.24, 2.45) is 0 Å². The van der Waals surface area contributed by atoms with Crippen LogP contribution in [0.4, 0.5) is 0 Å². The van der Waals surface area contributed by atoms with Gasteiger partial charge >= 0.3 is 0 Å². The van der Waals surface area contributed by atoms with Crippen molar-refractivity contribution in [2.75, 3.05) is 13.2 Å². The Morgan fingerprint density at radius 3 is 2.00 bits per heavy atom. The third-order valence-electron chi connectivity index (χ3n) is 2.59. The van der Waals surface area contributed by atoms with Gasteiger partial charge in [0, 0.05) is 18.8 Å². The lowest BCUT2D eigenvalue weighted by atomic mass is 10.0. The lowest BCUT2D eigenvalue weighted by Crippen LogP contribution is -2.00. The Kier molecular flexibility index (Phi) is 7.07. The Hall–Kier alpha value is -2.13. The van der Waals surface area contributed by atoms with Gasteiger partial charge in [0.2, 0.25) is 0 Å². The predicted octanol–water partition coefficient (Wildman–Crippen LogP) is 3.67. The summed E-state index contributed by atoms with van der Waals surface area (Å²) in [7, 11) is 0. The number of carbonyl (C=O) groups excluding carboxylic acids is 1. The molecule has 0 heterocycles. The van der Waals surface area contributed by atoms with E-state index in [0.29, 0.717) is 11.1 Å². The molecule has 1 N–H and O–H groups in total. The molecule has 106 valence electrons. The van der Waals surface area contributed by atoms with Crippen molar-refractivity contribution in [1.82, 2.24) is 0 Å². The van der Waals surface area contributed by atoms with Gasteiger partial charge in [0.05, 0.1) is 5.56 Å². The van der Waals surface area contributed by atoms with Gasteiger partial charge < -0.3 is 9.84 Å². The van der Waals surface area contributed by atoms with Gasteiger partial charge in [-0.3, -0.25) is 4.79 Å². The Morgan fingerprint density at radius 1 is 0.950 bits per heavy atom. The molecule has 0 atom stereocenters. The molecule has 0 unspecified atom stereocenters. The number of hydrogen-bond acceptors (Lipinski definition) is 3. The Balaban J connectivity index is 0.000000347. The van der Waals surface area contributed by atoms with Crippen LogP contribution in [0.2, 0.25) is 0 Å². The molecule has 0 aliphatic rings. The van der Waals surface area contributed by atoms with Gasteiger partial charge in [0.25, 0.3) is 0 Å². The van der Waals surface area contributed by atoms with Gasteiger partial charge in [-0.15, -0.1) is 0 Å². The maximum Gasteiger partial charge on any atom is 0.196 e. The first-order chi connectivity index (χ1) is 9.70. The molecular formula is C17H20O3. The molecule has 20 heavy (non-hydrogen) atoms. The average Bonchev–Trinajstić information content (AvgIpc) is 2.49. The summed E-state index contributed by atoms with van der Waals surface area (Å²) in [6, 6.07) is 15.5. The van der Waals surface area contributed by atoms with E-state index < -0.39 is 0 Å². The van der Waals surface area contributed by atoms with Crippen molar-refractivity contribution in [3.63, 3.8) is 0 Å². The highest BCUT2D eigenvalue weighted by Gasteiger charge is 2.11. The molecule has 2 aromatic rings. The van der Waals surface area contributed by atoms with E-state index >= 15 is 0 Å². The van der Waals surface area contributed by atoms with Crippen molar-refractivity contribution < 1.29 is 14.6 Å². The second-order valence-electron chi connectivity index (χ2n) is 3.99. The minimum Gasteiger partial charge on any atom is -0.507 e. The van der Waals surface area contributed by atoms with E-state index in [-0.39, 0.29) is 11.5 Å². The normalized spacial score (nSPS) is 9.50. The first-order valence-corrected chi connectivity index (χ1v) is 6.66. The first kappa shape index (κ1) is 15.9. The number of carbonyl (C=O) groups is 1. The molecule has 0 amide bonds. The summed E-state index contributed by atoms with van der Waals surface area (Å²) in [5.41, 5.74) is 0.919. The van der Waals surface area contributed by atoms with Gasteiger partial charge in [-0.2, -0.15) is 0 Å². The number of rotatable bonds is 4. The number of aromatic hydroxyl groups is 1. The topological polar surface area (TPSA) is 46.5 Å². The van der Waals surface area contributed by atoms with E-state index in [9.17, 15) is 9.90 Å². The fourth-order valence-electron chi connectivity index (χ4n) is 1.61. The van der Waals surface area contributed by atoms with E-state index in [1.165, 1.54) is 6.07 Å². The first-order valence-electron chi connectivity index (χ1n) is 6.66. The number of phenols is 1. The SMILES string of the molecule is CCOCC.O=C(c1ccccc1)c1ccccc1O. The third kappa shape index (κ3) is 4.86. The zero-order valence-electron chi connectivity index (χ0n) is 11.9. The lowest BCUT2D eigenvalue weighted by molar-refractivity contribution is 0.103. The number of ether oxygens (including phenoxy) is 1. The van der Waals surface area contributed by atoms with Gasteiger partial charge in [-0.1, -0.05) is 42.5 Å². The van der Waals surface area contributed by atoms with Crippen LogP contribution in [0.5, 0.6) is 5.75 Å². The molecule has 0 fully saturated rings. The quantitative estimate of drug-likeness (QED) is 0.864. The molecule has 3 nitrogen and oxygen atoms in total. The smallest absolute Gasteiger partial charge is 0.196 e. The highest BCUT2D eigenvalue weighted by Crippen LogP contribution is 2.19. The summed E-state index contributed by atoms with van der Waals surface area (Å²) in [5, 5.41) is 9.52. The van der Waals surface area contributed by atoms with Crippen LogP contribution in [0.15, 0.2) is 54.6 Å². The van der Waals surface area contributed by atoms with Crippen LogP contribution >= 0.6 is 0 Å². The Labute approximate surface area is 119 Å². The van der Waals surface area contributed by atoms with E-state index in [1.54, 1.807) is 42.5 Å². The summed E-state index contributed by atoms with van der Waals surface area (Å²) in [6.07, 6.45) is 0. The zero-order valence-corrected chi connectivity index (χ0v) is 11.9. The fourth-order valence-corrected chi connectivity index (χ4v) is 1.61. The van der Waals surface area contributed by atoms with E-state index in [1.807, 2.05) is 19.9 Å². The largest absolute Gasteiger partial charge is 0.507 e. The summed E-state index contributed by atoms with van der Waals surface area (Å²) < 4.78 is 4.83. The molecular weight excluding hydrogens is 252 g/mol. The second-order valence-corrected chi connectivity index (χ2v) is 3.99. The number of para-hydroxylation sites is 1. The van der Waals surface area contributed by atoms with Crippen molar-refractivity contribution in [3.05, 3.63) is 65.7 Å². The Bertz CT molecular complexity index is 519. The zero-order chi connectivity index (χ0) is 14.8. The van der Waals surface area contributed by atoms with E-state index in [4.69, 9.17) is 4.74 Å². The van der Waals surface area contributed by atoms with Gasteiger partial charge in [-0.05, 0) is 26.0 Å². The van der Waals surface area contributed by atoms with Crippen molar-refractivity contribution in [2.45, 2.75) is 13.8 Å². The van der Waals surface area contributed by atoms with Crippen LogP contribution in [-0.2, 0) is 4.74 Å². The summed E-state index contributed by atoms with van der Waals surface area (Å²) in [5.74, 6) is -0.139. The van der Waals surface area contributed by atoms with Gasteiger partial charge in [0.1, 0.15) is 5.75 Å². The third-order valence-corrected chi connectivity index (χ3v) is 2.59. The molecule has 0 saturated carbocycles. The molecule has 2 aromatic carbocycles. The molecule has 3 heteroatoms. The predicted molar refractivity (Wildman–Crippen MR) is 80.1 cm³/mol. The maximum atomic E-state index is 11.9. The minimum atomic E-state index is -0.159. The van der Waals surface area contributed by atoms with Crippen molar-refractivity contribution in [1.29, 1.82) is 0 Å². The van der Waals surface area contributed by atoms with E-state index in [2.05, 4.69) is 0 Å². The van der Waals surface area contributed by atoms with Crippen LogP contribution in [0.3, 0.4) is 0 Å². The maximum absolute atomic E-state index is 11.9. The number of ketones is 1. The molecule has 0 saturated heterocycles. The van der Waals surface area contributed by atoms with Gasteiger partial charge in [-0.25, -0.2) is 0 Å². The highest BCUT2D eigenvalue weighted by molar-refractivity contribution is 6.10. The molecule has 0 aliphatic heterocycles. The standard InChI is InChI=1S/C13H10O2.C4H10O/c14-12-9-5-4-8-11(12)13(15)10-6-2-1-3-7-10;1-3-5-4-2/h1-9,14H;3-4H2,1-2H3. The number of phenolic OH excluding ortho intramolecular Hbond substituents is 1. The van der Waals surface area contributed by atoms with Crippen LogP contribution in [0, 0.1) is 0 Å². The van der Waals surface area contributed by atoms with Crippen molar-refractivity contribution in [3.8, 4) is 5.75 Å². The highest BCUT2D eigenvalue weighted by atomic mass is 16.5. The van der Waals surface area contributed by atoms with Crippen LogP contribution in [-0.4, -0.2) is 24.1 Å². The fraction of sp³-hybridized carbons (Fsp3) is 0.235. The second kappa shape index (κ2) is 8.88. The monoisotopic (exact) mass is 272 g/mol. The van der Waals surface area contributed by atoms with Crippen LogP contribution in [0.1, 0.15) is 29.8 Å². The molecule has 0 spiro atoms. The molecule has 0 aromatic heterocycles. The molecule has 0 bridgehead atoms. The summed E-state index contributed by atoms with van der Waals surface area (Å²) in [4.78, 5) is 11.9. The van der Waals surface area contributed by atoms with Gasteiger partial charge in [0.15, 0.2) is 5.78 Å². The number of benzene rings is 2. The minimum absolute atomic E-state index is 0.0198. The number of hydrogen-bond donors (Lipinski definition) is 1. The van der Waals surface area contributed by atoms with Crippen molar-refractivity contribution >= 4 is 5.78 Å². The molecule has 0 aliphatic carbocycles. The van der Waals surface area contributed by atoms with Crippen LogP contribution in [0.25, 0.3) is 0 Å². The van der Waals surface area contributed by atoms with Crippen LogP contribution < -0.4 is 0 Å². The summed E-state index contributed by atoms with van der Waals surface area (Å²) >= 11 is 0. The average molecular weight is 272 g/mol. The Morgan fingerprint density at radius 2 is 1.50 bits per heavy atom. The lowest BCUT2D eigenvalue weighted by Gasteiger charge is -2.02. The summed E-state index contributed by atoms with van der Waals surface area (Å²) in [6.45, 7) is 5.67.